The second-order valence-corrected chi connectivity index (χ2v) is 8.44. The number of thioether (sulfide) groups is 1. The maximum Gasteiger partial charge on any atom is 0.234 e. The van der Waals surface area contributed by atoms with Crippen molar-refractivity contribution in [1.29, 1.82) is 0 Å². The van der Waals surface area contributed by atoms with E-state index in [1.807, 2.05) is 26.0 Å². The van der Waals surface area contributed by atoms with E-state index in [1.165, 1.54) is 43.1 Å². The van der Waals surface area contributed by atoms with Gasteiger partial charge in [-0.15, -0.1) is 0 Å². The molecule has 2 heterocycles. The Morgan fingerprint density at radius 3 is 2.48 bits per heavy atom. The van der Waals surface area contributed by atoms with Crippen LogP contribution in [0.15, 0.2) is 29.4 Å². The number of nitrogens with one attached hydrogen (secondary N) is 1. The van der Waals surface area contributed by atoms with Gasteiger partial charge in [0, 0.05) is 43.8 Å². The molecule has 1 fully saturated rings. The van der Waals surface area contributed by atoms with Gasteiger partial charge in [-0.25, -0.2) is 4.98 Å². The monoisotopic (exact) mass is 416 g/mol. The first kappa shape index (κ1) is 21.7. The molecule has 158 valence electrons. The van der Waals surface area contributed by atoms with Crippen LogP contribution in [0.5, 0.6) is 0 Å². The van der Waals surface area contributed by atoms with E-state index in [-0.39, 0.29) is 5.91 Å². The van der Waals surface area contributed by atoms with Crippen LogP contribution in [0, 0.1) is 13.8 Å². The molecular weight excluding hydrogens is 384 g/mol. The van der Waals surface area contributed by atoms with Crippen LogP contribution in [0.3, 0.4) is 0 Å². The normalized spacial score (nSPS) is 14.7. The molecule has 1 N–H and O–H groups in total. The molecular formula is C22H32N4O2S. The van der Waals surface area contributed by atoms with Crippen molar-refractivity contribution in [3.63, 3.8) is 0 Å². The molecule has 0 radical (unpaired) electrons. The molecule has 1 aromatic heterocycles. The molecule has 6 nitrogen and oxygen atoms in total. The Morgan fingerprint density at radius 1 is 1.14 bits per heavy atom. The number of carbonyl (C=O) groups excluding carboxylic acids is 1. The molecule has 1 aromatic carbocycles. The summed E-state index contributed by atoms with van der Waals surface area (Å²) < 4.78 is 7.31. The number of imidazole rings is 1. The Balaban J connectivity index is 1.54. The average molecular weight is 417 g/mol. The number of nitrogens with zero attached hydrogens (tertiary/aromatic N) is 3. The van der Waals surface area contributed by atoms with Crippen LogP contribution in [-0.4, -0.2) is 48.0 Å². The standard InChI is InChI=1S/C22H32N4O2S/c1-17-18(2)26(14-15-28-3)22(23-17)29-16-21(27)24-19-8-10-20(11-9-19)25-12-6-4-5-7-13-25/h8-11H,4-7,12-16H2,1-3H3,(H,24,27). The highest BCUT2D eigenvalue weighted by Crippen LogP contribution is 2.23. The van der Waals surface area contributed by atoms with Crippen LogP contribution in [0.4, 0.5) is 11.4 Å². The summed E-state index contributed by atoms with van der Waals surface area (Å²) in [5.74, 6) is 0.311. The first-order valence-electron chi connectivity index (χ1n) is 10.4. The van der Waals surface area contributed by atoms with Crippen molar-refractivity contribution >= 4 is 29.0 Å². The smallest absolute Gasteiger partial charge is 0.234 e. The molecule has 0 saturated carbocycles. The predicted molar refractivity (Wildman–Crippen MR) is 120 cm³/mol. The van der Waals surface area contributed by atoms with Gasteiger partial charge in [-0.05, 0) is 51.0 Å². The van der Waals surface area contributed by atoms with E-state index >= 15 is 0 Å². The van der Waals surface area contributed by atoms with Gasteiger partial charge in [0.25, 0.3) is 0 Å². The van der Waals surface area contributed by atoms with E-state index < -0.39 is 0 Å². The van der Waals surface area contributed by atoms with Crippen LogP contribution in [-0.2, 0) is 16.1 Å². The number of rotatable bonds is 8. The lowest BCUT2D eigenvalue weighted by molar-refractivity contribution is -0.113. The number of carbonyl (C=O) groups is 1. The molecule has 7 heteroatoms. The number of amides is 1. The number of anilines is 2. The maximum atomic E-state index is 12.4. The van der Waals surface area contributed by atoms with E-state index in [0.717, 1.165) is 41.9 Å². The first-order chi connectivity index (χ1) is 14.1. The summed E-state index contributed by atoms with van der Waals surface area (Å²) in [4.78, 5) is 19.5. The van der Waals surface area contributed by atoms with Crippen molar-refractivity contribution in [3.8, 4) is 0 Å². The lowest BCUT2D eigenvalue weighted by atomic mass is 10.2. The van der Waals surface area contributed by atoms with E-state index in [0.29, 0.717) is 12.4 Å². The number of methoxy groups -OCH3 is 1. The van der Waals surface area contributed by atoms with E-state index in [9.17, 15) is 4.79 Å². The number of aryl methyl sites for hydroxylation is 1. The zero-order valence-corrected chi connectivity index (χ0v) is 18.6. The molecule has 2 aromatic rings. The van der Waals surface area contributed by atoms with Gasteiger partial charge in [0.1, 0.15) is 0 Å². The molecule has 1 amide bonds. The quantitative estimate of drug-likeness (QED) is 0.652. The highest BCUT2D eigenvalue weighted by Gasteiger charge is 2.14. The molecule has 1 saturated heterocycles. The zero-order valence-electron chi connectivity index (χ0n) is 17.7. The van der Waals surface area contributed by atoms with Crippen molar-refractivity contribution in [2.24, 2.45) is 0 Å². The largest absolute Gasteiger partial charge is 0.383 e. The molecule has 29 heavy (non-hydrogen) atoms. The predicted octanol–water partition coefficient (Wildman–Crippen LogP) is 4.26. The van der Waals surface area contributed by atoms with Gasteiger partial charge in [-0.1, -0.05) is 24.6 Å². The summed E-state index contributed by atoms with van der Waals surface area (Å²) in [7, 11) is 1.69. The van der Waals surface area contributed by atoms with Gasteiger partial charge in [-0.2, -0.15) is 0 Å². The van der Waals surface area contributed by atoms with Gasteiger partial charge < -0.3 is 19.5 Å². The van der Waals surface area contributed by atoms with Crippen molar-refractivity contribution in [2.75, 3.05) is 42.8 Å². The number of benzene rings is 1. The van der Waals surface area contributed by atoms with E-state index in [1.54, 1.807) is 7.11 Å². The molecule has 0 bridgehead atoms. The number of ether oxygens (including phenoxy) is 1. The van der Waals surface area contributed by atoms with E-state index in [2.05, 4.69) is 31.9 Å². The summed E-state index contributed by atoms with van der Waals surface area (Å²) in [5.41, 5.74) is 4.19. The van der Waals surface area contributed by atoms with Crippen LogP contribution < -0.4 is 10.2 Å². The molecule has 1 aliphatic heterocycles. The minimum Gasteiger partial charge on any atom is -0.383 e. The summed E-state index contributed by atoms with van der Waals surface area (Å²) >= 11 is 1.46. The second kappa shape index (κ2) is 10.7. The first-order valence-corrected chi connectivity index (χ1v) is 11.4. The Morgan fingerprint density at radius 2 is 1.83 bits per heavy atom. The second-order valence-electron chi connectivity index (χ2n) is 7.49. The van der Waals surface area contributed by atoms with Gasteiger partial charge in [0.2, 0.25) is 5.91 Å². The summed E-state index contributed by atoms with van der Waals surface area (Å²) in [6.07, 6.45) is 5.17. The SMILES string of the molecule is COCCn1c(SCC(=O)Nc2ccc(N3CCCCCC3)cc2)nc(C)c1C. The van der Waals surface area contributed by atoms with Crippen molar-refractivity contribution in [2.45, 2.75) is 51.2 Å². The fraction of sp³-hybridized carbons (Fsp3) is 0.545. The Labute approximate surface area is 178 Å². The number of hydrogen-bond donors (Lipinski definition) is 1. The lowest BCUT2D eigenvalue weighted by Gasteiger charge is -2.22. The maximum absolute atomic E-state index is 12.4. The zero-order chi connectivity index (χ0) is 20.6. The van der Waals surface area contributed by atoms with Gasteiger partial charge in [0.05, 0.1) is 18.1 Å². The summed E-state index contributed by atoms with van der Waals surface area (Å²) in [6.45, 7) is 7.65. The van der Waals surface area contributed by atoms with Crippen molar-refractivity contribution in [3.05, 3.63) is 35.7 Å². The van der Waals surface area contributed by atoms with E-state index in [4.69, 9.17) is 4.74 Å². The summed E-state index contributed by atoms with van der Waals surface area (Å²) in [6, 6.07) is 8.21. The highest BCUT2D eigenvalue weighted by molar-refractivity contribution is 7.99. The Kier molecular flexibility index (Phi) is 8.00. The number of aromatic nitrogens is 2. The van der Waals surface area contributed by atoms with Gasteiger partial charge >= 0.3 is 0 Å². The lowest BCUT2D eigenvalue weighted by Crippen LogP contribution is -2.23. The summed E-state index contributed by atoms with van der Waals surface area (Å²) in [5, 5.41) is 3.86. The van der Waals surface area contributed by atoms with Crippen LogP contribution in [0.1, 0.15) is 37.1 Å². The topological polar surface area (TPSA) is 59.4 Å². The molecule has 0 atom stereocenters. The number of hydrogen-bond acceptors (Lipinski definition) is 5. The van der Waals surface area contributed by atoms with Crippen molar-refractivity contribution < 1.29 is 9.53 Å². The molecule has 3 rings (SSSR count). The molecule has 0 unspecified atom stereocenters. The Hall–Kier alpha value is -1.99. The minimum atomic E-state index is -0.0193. The molecule has 1 aliphatic rings. The molecule has 0 spiro atoms. The third kappa shape index (κ3) is 6.00. The van der Waals surface area contributed by atoms with Crippen molar-refractivity contribution in [1.82, 2.24) is 9.55 Å². The third-order valence-electron chi connectivity index (χ3n) is 5.40. The van der Waals surface area contributed by atoms with Crippen LogP contribution >= 0.6 is 11.8 Å². The third-order valence-corrected chi connectivity index (χ3v) is 6.37. The van der Waals surface area contributed by atoms with Crippen LogP contribution in [0.2, 0.25) is 0 Å². The average Bonchev–Trinajstić information content (AvgIpc) is 2.91. The fourth-order valence-corrected chi connectivity index (χ4v) is 4.51. The highest BCUT2D eigenvalue weighted by atomic mass is 32.2. The van der Waals surface area contributed by atoms with Gasteiger partial charge in [-0.3, -0.25) is 4.79 Å². The minimum absolute atomic E-state index is 0.0193. The Bertz CT molecular complexity index is 796. The fourth-order valence-electron chi connectivity index (χ4n) is 3.59. The molecule has 0 aliphatic carbocycles. The van der Waals surface area contributed by atoms with Crippen LogP contribution in [0.25, 0.3) is 0 Å². The van der Waals surface area contributed by atoms with Gasteiger partial charge in [0.15, 0.2) is 5.16 Å².